The Bertz CT molecular complexity index is 149. The van der Waals surface area contributed by atoms with E-state index in [1.54, 1.807) is 0 Å². The highest BCUT2D eigenvalue weighted by Crippen LogP contribution is 2.20. The van der Waals surface area contributed by atoms with Crippen molar-refractivity contribution in [3.8, 4) is 0 Å². The fourth-order valence-corrected chi connectivity index (χ4v) is 1.59. The Labute approximate surface area is 78.6 Å². The van der Waals surface area contributed by atoms with Crippen molar-refractivity contribution in [1.82, 2.24) is 5.32 Å². The van der Waals surface area contributed by atoms with Gasteiger partial charge in [0, 0.05) is 13.1 Å². The van der Waals surface area contributed by atoms with Gasteiger partial charge in [-0.3, -0.25) is 0 Å². The summed E-state index contributed by atoms with van der Waals surface area (Å²) in [6, 6.07) is 0. The van der Waals surface area contributed by atoms with E-state index in [4.69, 9.17) is 16.7 Å². The van der Waals surface area contributed by atoms with Crippen LogP contribution in [0.2, 0.25) is 0 Å². The molecular formula is C9H16ClNO. The van der Waals surface area contributed by atoms with Crippen LogP contribution in [-0.2, 0) is 0 Å². The van der Waals surface area contributed by atoms with Crippen molar-refractivity contribution in [1.29, 1.82) is 0 Å². The first-order chi connectivity index (χ1) is 5.83. The van der Waals surface area contributed by atoms with Gasteiger partial charge in [-0.1, -0.05) is 12.2 Å². The minimum absolute atomic E-state index is 0.217. The monoisotopic (exact) mass is 189 g/mol. The lowest BCUT2D eigenvalue weighted by Gasteiger charge is -2.19. The van der Waals surface area contributed by atoms with Gasteiger partial charge in [0.15, 0.2) is 0 Å². The molecule has 2 N–H and O–H groups in total. The molecule has 1 aliphatic carbocycles. The number of rotatable bonds is 4. The normalized spacial score (nSPS) is 29.2. The largest absolute Gasteiger partial charge is 0.395 e. The quantitative estimate of drug-likeness (QED) is 0.395. The van der Waals surface area contributed by atoms with Crippen LogP contribution in [0.3, 0.4) is 0 Å². The summed E-state index contributed by atoms with van der Waals surface area (Å²) in [7, 11) is 0. The maximum absolute atomic E-state index is 8.54. The molecule has 0 fully saturated rings. The molecule has 0 saturated carbocycles. The third-order valence-corrected chi connectivity index (χ3v) is 2.46. The Balaban J connectivity index is 2.13. The third kappa shape index (κ3) is 3.57. The van der Waals surface area contributed by atoms with Gasteiger partial charge in [-0.25, -0.2) is 0 Å². The molecule has 2 unspecified atom stereocenters. The maximum atomic E-state index is 8.54. The van der Waals surface area contributed by atoms with E-state index in [9.17, 15) is 0 Å². The van der Waals surface area contributed by atoms with Gasteiger partial charge >= 0.3 is 0 Å². The van der Waals surface area contributed by atoms with Gasteiger partial charge in [-0.05, 0) is 18.8 Å². The number of hydrogen-bond acceptors (Lipinski definition) is 2. The molecule has 0 aromatic heterocycles. The predicted octanol–water partition coefficient (Wildman–Crippen LogP) is 1.14. The molecule has 1 rings (SSSR count). The van der Waals surface area contributed by atoms with Gasteiger partial charge in [0.2, 0.25) is 0 Å². The van der Waals surface area contributed by atoms with E-state index in [2.05, 4.69) is 17.5 Å². The van der Waals surface area contributed by atoms with Crippen molar-refractivity contribution in [2.45, 2.75) is 18.2 Å². The molecular weight excluding hydrogens is 174 g/mol. The van der Waals surface area contributed by atoms with E-state index in [-0.39, 0.29) is 12.0 Å². The fourth-order valence-electron chi connectivity index (χ4n) is 1.38. The SMILES string of the molecule is OCCNCC1C=CC(Cl)CC1. The summed E-state index contributed by atoms with van der Waals surface area (Å²) in [5.41, 5.74) is 0. The smallest absolute Gasteiger partial charge is 0.0555 e. The second-order valence-corrected chi connectivity index (χ2v) is 3.73. The maximum Gasteiger partial charge on any atom is 0.0555 e. The van der Waals surface area contributed by atoms with Crippen LogP contribution in [0.4, 0.5) is 0 Å². The number of hydrogen-bond donors (Lipinski definition) is 2. The first kappa shape index (κ1) is 10.0. The first-order valence-corrected chi connectivity index (χ1v) is 4.90. The summed E-state index contributed by atoms with van der Waals surface area (Å²) < 4.78 is 0. The van der Waals surface area contributed by atoms with E-state index in [1.807, 2.05) is 0 Å². The summed E-state index contributed by atoms with van der Waals surface area (Å²) >= 11 is 5.90. The van der Waals surface area contributed by atoms with Crippen molar-refractivity contribution in [3.63, 3.8) is 0 Å². The van der Waals surface area contributed by atoms with Crippen LogP contribution in [0, 0.1) is 5.92 Å². The number of nitrogens with one attached hydrogen (secondary N) is 1. The van der Waals surface area contributed by atoms with Crippen molar-refractivity contribution in [2.75, 3.05) is 19.7 Å². The van der Waals surface area contributed by atoms with Gasteiger partial charge in [-0.2, -0.15) is 0 Å². The molecule has 0 aromatic carbocycles. The molecule has 12 heavy (non-hydrogen) atoms. The highest BCUT2D eigenvalue weighted by atomic mass is 35.5. The second kappa shape index (κ2) is 5.57. The molecule has 70 valence electrons. The number of alkyl halides is 1. The number of aliphatic hydroxyl groups excluding tert-OH is 1. The zero-order chi connectivity index (χ0) is 8.81. The van der Waals surface area contributed by atoms with Gasteiger partial charge < -0.3 is 10.4 Å². The highest BCUT2D eigenvalue weighted by Gasteiger charge is 2.12. The molecule has 0 aromatic rings. The molecule has 2 nitrogen and oxygen atoms in total. The number of halogens is 1. The van der Waals surface area contributed by atoms with Crippen molar-refractivity contribution in [2.24, 2.45) is 5.92 Å². The van der Waals surface area contributed by atoms with E-state index in [1.165, 1.54) is 0 Å². The summed E-state index contributed by atoms with van der Waals surface area (Å²) in [6.07, 6.45) is 6.47. The Morgan fingerprint density at radius 1 is 1.42 bits per heavy atom. The van der Waals surface area contributed by atoms with Crippen molar-refractivity contribution in [3.05, 3.63) is 12.2 Å². The van der Waals surface area contributed by atoms with Gasteiger partial charge in [-0.15, -0.1) is 11.6 Å². The minimum atomic E-state index is 0.217. The van der Waals surface area contributed by atoms with Gasteiger partial charge in [0.1, 0.15) is 0 Å². The molecule has 0 aliphatic heterocycles. The molecule has 0 radical (unpaired) electrons. The highest BCUT2D eigenvalue weighted by molar-refractivity contribution is 6.21. The number of aliphatic hydroxyl groups is 1. The Morgan fingerprint density at radius 2 is 2.25 bits per heavy atom. The standard InChI is InChI=1S/C9H16ClNO/c10-9-3-1-8(2-4-9)7-11-5-6-12/h1,3,8-9,11-12H,2,4-7H2. The lowest BCUT2D eigenvalue weighted by Crippen LogP contribution is -2.26. The summed E-state index contributed by atoms with van der Waals surface area (Å²) in [6.45, 7) is 1.86. The zero-order valence-electron chi connectivity index (χ0n) is 7.17. The average molecular weight is 190 g/mol. The van der Waals surface area contributed by atoms with Crippen molar-refractivity contribution < 1.29 is 5.11 Å². The van der Waals surface area contributed by atoms with Crippen LogP contribution < -0.4 is 5.32 Å². The Hall–Kier alpha value is -0.0500. The fraction of sp³-hybridized carbons (Fsp3) is 0.778. The van der Waals surface area contributed by atoms with Crippen LogP contribution >= 0.6 is 11.6 Å². The predicted molar refractivity (Wildman–Crippen MR) is 51.5 cm³/mol. The number of allylic oxidation sites excluding steroid dienone is 1. The van der Waals surface area contributed by atoms with Crippen LogP contribution in [-0.4, -0.2) is 30.2 Å². The summed E-state index contributed by atoms with van der Waals surface area (Å²) in [4.78, 5) is 0. The lowest BCUT2D eigenvalue weighted by atomic mass is 9.96. The Kier molecular flexibility index (Phi) is 4.66. The van der Waals surface area contributed by atoms with Crippen LogP contribution in [0.1, 0.15) is 12.8 Å². The molecule has 0 saturated heterocycles. The van der Waals surface area contributed by atoms with Gasteiger partial charge in [0.05, 0.1) is 12.0 Å². The second-order valence-electron chi connectivity index (χ2n) is 3.17. The molecule has 2 atom stereocenters. The molecule has 0 bridgehead atoms. The van der Waals surface area contributed by atoms with Crippen LogP contribution in [0.5, 0.6) is 0 Å². The van der Waals surface area contributed by atoms with E-state index < -0.39 is 0 Å². The van der Waals surface area contributed by atoms with Crippen LogP contribution in [0.25, 0.3) is 0 Å². The molecule has 0 heterocycles. The van der Waals surface area contributed by atoms with E-state index in [0.29, 0.717) is 12.5 Å². The van der Waals surface area contributed by atoms with Gasteiger partial charge in [0.25, 0.3) is 0 Å². The summed E-state index contributed by atoms with van der Waals surface area (Å²) in [5.74, 6) is 0.603. The summed E-state index contributed by atoms with van der Waals surface area (Å²) in [5, 5.41) is 11.9. The van der Waals surface area contributed by atoms with Crippen LogP contribution in [0.15, 0.2) is 12.2 Å². The van der Waals surface area contributed by atoms with Crippen molar-refractivity contribution >= 4 is 11.6 Å². The molecule has 0 amide bonds. The minimum Gasteiger partial charge on any atom is -0.395 e. The first-order valence-electron chi connectivity index (χ1n) is 4.47. The average Bonchev–Trinajstić information content (AvgIpc) is 2.09. The third-order valence-electron chi connectivity index (χ3n) is 2.10. The lowest BCUT2D eigenvalue weighted by molar-refractivity contribution is 0.289. The molecule has 3 heteroatoms. The van der Waals surface area contributed by atoms with E-state index in [0.717, 1.165) is 19.4 Å². The molecule has 1 aliphatic rings. The topological polar surface area (TPSA) is 32.3 Å². The zero-order valence-corrected chi connectivity index (χ0v) is 7.93. The molecule has 0 spiro atoms. The van der Waals surface area contributed by atoms with E-state index >= 15 is 0 Å². The Morgan fingerprint density at radius 3 is 2.83 bits per heavy atom.